The normalized spacial score (nSPS) is 12.1. The van der Waals surface area contributed by atoms with Crippen LogP contribution >= 0.6 is 0 Å². The van der Waals surface area contributed by atoms with Gasteiger partial charge in [0.15, 0.2) is 0 Å². The smallest absolute Gasteiger partial charge is 0.308 e. The first kappa shape index (κ1) is 15.2. The number of carbonyl (C=O) groups is 2. The van der Waals surface area contributed by atoms with Crippen molar-refractivity contribution < 1.29 is 19.8 Å². The van der Waals surface area contributed by atoms with E-state index in [2.05, 4.69) is 5.32 Å². The van der Waals surface area contributed by atoms with Crippen molar-refractivity contribution in [2.45, 2.75) is 26.8 Å². The van der Waals surface area contributed by atoms with Gasteiger partial charge in [0.05, 0.1) is 12.3 Å². The lowest BCUT2D eigenvalue weighted by atomic mass is 10.0. The predicted octanol–water partition coefficient (Wildman–Crippen LogP) is 1.57. The van der Waals surface area contributed by atoms with Crippen molar-refractivity contribution in [3.05, 3.63) is 34.9 Å². The molecule has 0 aliphatic heterocycles. The van der Waals surface area contributed by atoms with Crippen LogP contribution in [0.15, 0.2) is 18.2 Å². The van der Waals surface area contributed by atoms with E-state index in [4.69, 9.17) is 10.2 Å². The largest absolute Gasteiger partial charge is 0.481 e. The maximum absolute atomic E-state index is 10.9. The fraction of sp³-hybridized carbons (Fsp3) is 0.429. The van der Waals surface area contributed by atoms with E-state index >= 15 is 0 Å². The molecule has 19 heavy (non-hydrogen) atoms. The van der Waals surface area contributed by atoms with Crippen molar-refractivity contribution >= 4 is 11.9 Å². The zero-order valence-corrected chi connectivity index (χ0v) is 11.1. The Kier molecular flexibility index (Phi) is 5.51. The molecule has 1 aromatic rings. The van der Waals surface area contributed by atoms with Gasteiger partial charge in [-0.1, -0.05) is 23.8 Å². The SMILES string of the molecule is Cc1ccc(C)c(CNCC(CC(=O)O)C(=O)O)c1. The number of rotatable bonds is 7. The summed E-state index contributed by atoms with van der Waals surface area (Å²) in [5.41, 5.74) is 3.37. The fourth-order valence-electron chi connectivity index (χ4n) is 1.83. The summed E-state index contributed by atoms with van der Waals surface area (Å²) in [5.74, 6) is -3.08. The van der Waals surface area contributed by atoms with Crippen LogP contribution in [0.25, 0.3) is 0 Å². The second-order valence-corrected chi connectivity index (χ2v) is 4.69. The van der Waals surface area contributed by atoms with Crippen molar-refractivity contribution in [3.63, 3.8) is 0 Å². The first-order chi connectivity index (χ1) is 8.90. The van der Waals surface area contributed by atoms with Crippen LogP contribution in [-0.4, -0.2) is 28.7 Å². The Morgan fingerprint density at radius 3 is 2.53 bits per heavy atom. The number of carboxylic acids is 2. The van der Waals surface area contributed by atoms with Crippen molar-refractivity contribution in [2.75, 3.05) is 6.54 Å². The topological polar surface area (TPSA) is 86.6 Å². The average molecular weight is 265 g/mol. The molecule has 5 nitrogen and oxygen atoms in total. The summed E-state index contributed by atoms with van der Waals surface area (Å²) in [5, 5.41) is 20.6. The Labute approximate surface area is 112 Å². The lowest BCUT2D eigenvalue weighted by molar-refractivity contribution is -0.148. The Morgan fingerprint density at radius 1 is 1.26 bits per heavy atom. The molecular weight excluding hydrogens is 246 g/mol. The van der Waals surface area contributed by atoms with Crippen LogP contribution in [0.2, 0.25) is 0 Å². The maximum atomic E-state index is 10.9. The van der Waals surface area contributed by atoms with Crippen LogP contribution in [0.1, 0.15) is 23.1 Å². The van der Waals surface area contributed by atoms with E-state index in [1.807, 2.05) is 32.0 Å². The molecule has 104 valence electrons. The molecule has 1 unspecified atom stereocenters. The van der Waals surface area contributed by atoms with E-state index in [1.165, 1.54) is 0 Å². The van der Waals surface area contributed by atoms with Crippen LogP contribution in [0.3, 0.4) is 0 Å². The minimum absolute atomic E-state index is 0.148. The molecule has 0 fully saturated rings. The number of benzene rings is 1. The Bertz CT molecular complexity index is 471. The van der Waals surface area contributed by atoms with Gasteiger partial charge in [0.25, 0.3) is 0 Å². The Morgan fingerprint density at radius 2 is 1.95 bits per heavy atom. The molecule has 0 spiro atoms. The zero-order valence-electron chi connectivity index (χ0n) is 11.1. The highest BCUT2D eigenvalue weighted by molar-refractivity contribution is 5.77. The molecule has 0 aliphatic carbocycles. The first-order valence-corrected chi connectivity index (χ1v) is 6.11. The minimum atomic E-state index is -1.10. The third kappa shape index (κ3) is 5.09. The van der Waals surface area contributed by atoms with Crippen LogP contribution in [0.4, 0.5) is 0 Å². The summed E-state index contributed by atoms with van der Waals surface area (Å²) >= 11 is 0. The van der Waals surface area contributed by atoms with Crippen molar-refractivity contribution in [2.24, 2.45) is 5.92 Å². The minimum Gasteiger partial charge on any atom is -0.481 e. The molecule has 1 atom stereocenters. The highest BCUT2D eigenvalue weighted by Crippen LogP contribution is 2.10. The van der Waals surface area contributed by atoms with Crippen molar-refractivity contribution in [3.8, 4) is 0 Å². The molecule has 3 N–H and O–H groups in total. The van der Waals surface area contributed by atoms with Gasteiger partial charge in [-0.3, -0.25) is 9.59 Å². The molecule has 0 aliphatic rings. The molecule has 1 rings (SSSR count). The molecule has 0 saturated carbocycles. The maximum Gasteiger partial charge on any atom is 0.308 e. The lowest BCUT2D eigenvalue weighted by Crippen LogP contribution is -2.30. The van der Waals surface area contributed by atoms with E-state index in [1.54, 1.807) is 0 Å². The summed E-state index contributed by atoms with van der Waals surface area (Å²) in [6.07, 6.45) is -0.366. The Hall–Kier alpha value is -1.88. The predicted molar refractivity (Wildman–Crippen MR) is 71.0 cm³/mol. The van der Waals surface area contributed by atoms with Crippen LogP contribution < -0.4 is 5.32 Å². The van der Waals surface area contributed by atoms with Crippen LogP contribution in [-0.2, 0) is 16.1 Å². The van der Waals surface area contributed by atoms with Gasteiger partial charge in [-0.25, -0.2) is 0 Å². The highest BCUT2D eigenvalue weighted by atomic mass is 16.4. The molecule has 1 aromatic carbocycles. The number of aliphatic carboxylic acids is 2. The second-order valence-electron chi connectivity index (χ2n) is 4.69. The number of hydrogen-bond donors (Lipinski definition) is 3. The van der Waals surface area contributed by atoms with Gasteiger partial charge in [0.2, 0.25) is 0 Å². The van der Waals surface area contributed by atoms with Gasteiger partial charge >= 0.3 is 11.9 Å². The number of hydrogen-bond acceptors (Lipinski definition) is 3. The number of aryl methyl sites for hydroxylation is 2. The molecule has 0 bridgehead atoms. The monoisotopic (exact) mass is 265 g/mol. The van der Waals surface area contributed by atoms with E-state index in [9.17, 15) is 9.59 Å². The highest BCUT2D eigenvalue weighted by Gasteiger charge is 2.20. The Balaban J connectivity index is 2.54. The standard InChI is InChI=1S/C14H19NO4/c1-9-3-4-10(2)11(5-9)7-15-8-12(14(18)19)6-13(16)17/h3-5,12,15H,6-8H2,1-2H3,(H,16,17)(H,18,19). The summed E-state index contributed by atoms with van der Waals surface area (Å²) < 4.78 is 0. The van der Waals surface area contributed by atoms with Gasteiger partial charge < -0.3 is 15.5 Å². The van der Waals surface area contributed by atoms with Gasteiger partial charge in [0, 0.05) is 13.1 Å². The fourth-order valence-corrected chi connectivity index (χ4v) is 1.83. The lowest BCUT2D eigenvalue weighted by Gasteiger charge is -2.12. The molecule has 5 heteroatoms. The second kappa shape index (κ2) is 6.89. The number of carboxylic acid groups (broad SMARTS) is 2. The van der Waals surface area contributed by atoms with Gasteiger partial charge in [0.1, 0.15) is 0 Å². The van der Waals surface area contributed by atoms with Gasteiger partial charge in [-0.15, -0.1) is 0 Å². The third-order valence-electron chi connectivity index (χ3n) is 2.98. The van der Waals surface area contributed by atoms with E-state index in [-0.39, 0.29) is 13.0 Å². The van der Waals surface area contributed by atoms with Gasteiger partial charge in [-0.05, 0) is 25.0 Å². The summed E-state index contributed by atoms with van der Waals surface area (Å²) in [4.78, 5) is 21.5. The summed E-state index contributed by atoms with van der Waals surface area (Å²) in [6, 6.07) is 6.07. The van der Waals surface area contributed by atoms with Crippen molar-refractivity contribution in [1.82, 2.24) is 5.32 Å². The van der Waals surface area contributed by atoms with Crippen LogP contribution in [0.5, 0.6) is 0 Å². The summed E-state index contributed by atoms with van der Waals surface area (Å²) in [6.45, 7) is 4.67. The molecule has 0 aromatic heterocycles. The quantitative estimate of drug-likeness (QED) is 0.696. The van der Waals surface area contributed by atoms with E-state index < -0.39 is 17.9 Å². The molecule has 0 heterocycles. The average Bonchev–Trinajstić information content (AvgIpc) is 2.31. The molecule has 0 amide bonds. The summed E-state index contributed by atoms with van der Waals surface area (Å²) in [7, 11) is 0. The molecule has 0 saturated heterocycles. The zero-order chi connectivity index (χ0) is 14.4. The molecule has 0 radical (unpaired) electrons. The van der Waals surface area contributed by atoms with E-state index in [0.29, 0.717) is 6.54 Å². The van der Waals surface area contributed by atoms with Crippen LogP contribution in [0, 0.1) is 19.8 Å². The third-order valence-corrected chi connectivity index (χ3v) is 2.98. The van der Waals surface area contributed by atoms with Gasteiger partial charge in [-0.2, -0.15) is 0 Å². The molecular formula is C14H19NO4. The van der Waals surface area contributed by atoms with Crippen molar-refractivity contribution in [1.29, 1.82) is 0 Å². The number of nitrogens with one attached hydrogen (secondary N) is 1. The first-order valence-electron chi connectivity index (χ1n) is 6.11. The van der Waals surface area contributed by atoms with E-state index in [0.717, 1.165) is 16.7 Å².